The van der Waals surface area contributed by atoms with E-state index in [2.05, 4.69) is 55.0 Å². The van der Waals surface area contributed by atoms with Crippen LogP contribution >= 0.6 is 0 Å². The summed E-state index contributed by atoms with van der Waals surface area (Å²) in [6, 6.07) is 4.26. The van der Waals surface area contributed by atoms with Crippen molar-refractivity contribution in [2.45, 2.75) is 45.9 Å². The van der Waals surface area contributed by atoms with Crippen molar-refractivity contribution in [3.8, 4) is 0 Å². The molecule has 0 aliphatic carbocycles. The van der Waals surface area contributed by atoms with Gasteiger partial charge in [-0.25, -0.2) is 4.98 Å². The minimum atomic E-state index is 0.137. The average Bonchev–Trinajstić information content (AvgIpc) is 2.36. The predicted molar refractivity (Wildman–Crippen MR) is 78.5 cm³/mol. The number of hydrogen-bond donors (Lipinski definition) is 1. The molecule has 1 aromatic heterocycles. The number of pyridine rings is 1. The Kier molecular flexibility index (Phi) is 4.42. The summed E-state index contributed by atoms with van der Waals surface area (Å²) in [6.07, 6.45) is 2.26. The molecule has 2 heterocycles. The third-order valence-electron chi connectivity index (χ3n) is 3.20. The molecule has 4 heteroatoms. The zero-order valence-electron chi connectivity index (χ0n) is 12.4. The summed E-state index contributed by atoms with van der Waals surface area (Å²) < 4.78 is 5.55. The van der Waals surface area contributed by atoms with Crippen LogP contribution < -0.4 is 10.2 Å². The molecular formula is C15H25N3O. The SMILES string of the molecule is CC1CN(c2ccc(CNC(C)(C)C)cn2)CCO1. The first-order valence-corrected chi connectivity index (χ1v) is 7.00. The summed E-state index contributed by atoms with van der Waals surface area (Å²) in [7, 11) is 0. The third-order valence-corrected chi connectivity index (χ3v) is 3.20. The van der Waals surface area contributed by atoms with Crippen LogP contribution in [0.4, 0.5) is 5.82 Å². The standard InChI is InChI=1S/C15H25N3O/c1-12-11-18(7-8-19-12)14-6-5-13(9-16-14)10-17-15(2,3)4/h5-6,9,12,17H,7-8,10-11H2,1-4H3. The highest BCUT2D eigenvalue weighted by Crippen LogP contribution is 2.15. The van der Waals surface area contributed by atoms with Crippen LogP contribution in [0.3, 0.4) is 0 Å². The largest absolute Gasteiger partial charge is 0.375 e. The lowest BCUT2D eigenvalue weighted by molar-refractivity contribution is 0.0529. The molecule has 0 radical (unpaired) electrons. The number of nitrogens with zero attached hydrogens (tertiary/aromatic N) is 2. The number of rotatable bonds is 3. The highest BCUT2D eigenvalue weighted by Gasteiger charge is 2.17. The summed E-state index contributed by atoms with van der Waals surface area (Å²) in [5.74, 6) is 1.05. The van der Waals surface area contributed by atoms with Gasteiger partial charge in [0.05, 0.1) is 12.7 Å². The summed E-state index contributed by atoms with van der Waals surface area (Å²) in [6.45, 7) is 12.1. The second-order valence-corrected chi connectivity index (χ2v) is 6.26. The first kappa shape index (κ1) is 14.3. The minimum Gasteiger partial charge on any atom is -0.375 e. The number of anilines is 1. The number of morpholine rings is 1. The van der Waals surface area contributed by atoms with Gasteiger partial charge in [0.15, 0.2) is 0 Å². The Morgan fingerprint density at radius 2 is 2.21 bits per heavy atom. The molecule has 1 aliphatic rings. The fraction of sp³-hybridized carbons (Fsp3) is 0.667. The highest BCUT2D eigenvalue weighted by molar-refractivity contribution is 5.39. The quantitative estimate of drug-likeness (QED) is 0.907. The molecule has 1 saturated heterocycles. The van der Waals surface area contributed by atoms with Crippen molar-refractivity contribution < 1.29 is 4.74 Å². The molecule has 1 N–H and O–H groups in total. The van der Waals surface area contributed by atoms with E-state index in [1.54, 1.807) is 0 Å². The van der Waals surface area contributed by atoms with Gasteiger partial charge in [0, 0.05) is 31.4 Å². The molecule has 2 rings (SSSR count). The fourth-order valence-electron chi connectivity index (χ4n) is 2.10. The summed E-state index contributed by atoms with van der Waals surface area (Å²) in [5.41, 5.74) is 1.36. The Morgan fingerprint density at radius 3 is 2.79 bits per heavy atom. The maximum atomic E-state index is 5.55. The topological polar surface area (TPSA) is 37.4 Å². The van der Waals surface area contributed by atoms with Gasteiger partial charge in [0.2, 0.25) is 0 Å². The smallest absolute Gasteiger partial charge is 0.128 e. The molecule has 1 aliphatic heterocycles. The summed E-state index contributed by atoms with van der Waals surface area (Å²) in [4.78, 5) is 6.85. The van der Waals surface area contributed by atoms with Crippen molar-refractivity contribution in [1.29, 1.82) is 0 Å². The normalized spacial score (nSPS) is 20.6. The van der Waals surface area contributed by atoms with Gasteiger partial charge in [0.1, 0.15) is 5.82 Å². The molecule has 1 aromatic rings. The van der Waals surface area contributed by atoms with Gasteiger partial charge in [-0.3, -0.25) is 0 Å². The number of hydrogen-bond acceptors (Lipinski definition) is 4. The lowest BCUT2D eigenvalue weighted by atomic mass is 10.1. The highest BCUT2D eigenvalue weighted by atomic mass is 16.5. The van der Waals surface area contributed by atoms with E-state index in [0.717, 1.165) is 32.1 Å². The van der Waals surface area contributed by atoms with E-state index in [4.69, 9.17) is 4.74 Å². The van der Waals surface area contributed by atoms with Gasteiger partial charge in [0.25, 0.3) is 0 Å². The van der Waals surface area contributed by atoms with E-state index < -0.39 is 0 Å². The first-order valence-electron chi connectivity index (χ1n) is 7.00. The van der Waals surface area contributed by atoms with E-state index in [1.807, 2.05) is 6.20 Å². The van der Waals surface area contributed by atoms with E-state index in [9.17, 15) is 0 Å². The van der Waals surface area contributed by atoms with Gasteiger partial charge >= 0.3 is 0 Å². The van der Waals surface area contributed by atoms with Crippen LogP contribution in [-0.2, 0) is 11.3 Å². The second kappa shape index (κ2) is 5.88. The van der Waals surface area contributed by atoms with Crippen molar-refractivity contribution in [2.24, 2.45) is 0 Å². The van der Waals surface area contributed by atoms with Gasteiger partial charge < -0.3 is 15.0 Å². The van der Waals surface area contributed by atoms with E-state index in [0.29, 0.717) is 0 Å². The average molecular weight is 263 g/mol. The molecule has 0 bridgehead atoms. The third kappa shape index (κ3) is 4.48. The molecule has 0 spiro atoms. The van der Waals surface area contributed by atoms with Crippen LogP contribution in [0, 0.1) is 0 Å². The number of nitrogens with one attached hydrogen (secondary N) is 1. The zero-order chi connectivity index (χ0) is 13.9. The molecule has 1 atom stereocenters. The molecule has 4 nitrogen and oxygen atoms in total. The predicted octanol–water partition coefficient (Wildman–Crippen LogP) is 2.19. The maximum absolute atomic E-state index is 5.55. The first-order chi connectivity index (χ1) is 8.94. The summed E-state index contributed by atoms with van der Waals surface area (Å²) in [5, 5.41) is 3.47. The van der Waals surface area contributed by atoms with Crippen LogP contribution in [0.1, 0.15) is 33.3 Å². The Bertz CT molecular complexity index is 397. The Balaban J connectivity index is 1.94. The van der Waals surface area contributed by atoms with Crippen LogP contribution in [0.15, 0.2) is 18.3 Å². The molecule has 19 heavy (non-hydrogen) atoms. The van der Waals surface area contributed by atoms with Crippen molar-refractivity contribution in [3.05, 3.63) is 23.9 Å². The van der Waals surface area contributed by atoms with Crippen LogP contribution in [0.25, 0.3) is 0 Å². The second-order valence-electron chi connectivity index (χ2n) is 6.26. The van der Waals surface area contributed by atoms with Gasteiger partial charge in [-0.1, -0.05) is 6.07 Å². The lowest BCUT2D eigenvalue weighted by Crippen LogP contribution is -2.41. The van der Waals surface area contributed by atoms with Gasteiger partial charge in [-0.05, 0) is 39.3 Å². The number of ether oxygens (including phenoxy) is 1. The lowest BCUT2D eigenvalue weighted by Gasteiger charge is -2.32. The summed E-state index contributed by atoms with van der Waals surface area (Å²) >= 11 is 0. The van der Waals surface area contributed by atoms with Crippen LogP contribution in [0.2, 0.25) is 0 Å². The Labute approximate surface area is 116 Å². The molecule has 0 aromatic carbocycles. The van der Waals surface area contributed by atoms with E-state index in [1.165, 1.54) is 5.56 Å². The van der Waals surface area contributed by atoms with E-state index >= 15 is 0 Å². The van der Waals surface area contributed by atoms with Crippen molar-refractivity contribution in [3.63, 3.8) is 0 Å². The minimum absolute atomic E-state index is 0.137. The van der Waals surface area contributed by atoms with Gasteiger partial charge in [-0.2, -0.15) is 0 Å². The van der Waals surface area contributed by atoms with Crippen molar-refractivity contribution >= 4 is 5.82 Å². The molecule has 1 unspecified atom stereocenters. The van der Waals surface area contributed by atoms with Crippen molar-refractivity contribution in [1.82, 2.24) is 10.3 Å². The molecule has 0 amide bonds. The van der Waals surface area contributed by atoms with Crippen LogP contribution in [0.5, 0.6) is 0 Å². The number of aromatic nitrogens is 1. The molecular weight excluding hydrogens is 238 g/mol. The monoisotopic (exact) mass is 263 g/mol. The Morgan fingerprint density at radius 1 is 1.42 bits per heavy atom. The van der Waals surface area contributed by atoms with Crippen molar-refractivity contribution in [2.75, 3.05) is 24.6 Å². The Hall–Kier alpha value is -1.13. The maximum Gasteiger partial charge on any atom is 0.128 e. The molecule has 0 saturated carbocycles. The van der Waals surface area contributed by atoms with Crippen LogP contribution in [-0.4, -0.2) is 36.3 Å². The fourth-order valence-corrected chi connectivity index (χ4v) is 2.10. The van der Waals surface area contributed by atoms with E-state index in [-0.39, 0.29) is 11.6 Å². The zero-order valence-corrected chi connectivity index (χ0v) is 12.4. The van der Waals surface area contributed by atoms with Gasteiger partial charge in [-0.15, -0.1) is 0 Å². The molecule has 1 fully saturated rings. The molecule has 106 valence electrons.